The Morgan fingerprint density at radius 3 is 2.88 bits per heavy atom. The van der Waals surface area contributed by atoms with Crippen molar-refractivity contribution < 1.29 is 10.0 Å². The predicted molar refractivity (Wildman–Crippen MR) is 63.0 cm³/mol. The van der Waals surface area contributed by atoms with Gasteiger partial charge in [0.2, 0.25) is 11.8 Å². The highest BCUT2D eigenvalue weighted by Gasteiger charge is 2.16. The first-order valence-electron chi connectivity index (χ1n) is 5.23. The van der Waals surface area contributed by atoms with Crippen LogP contribution in [0.4, 0.5) is 17.5 Å². The molecule has 1 aromatic rings. The molecule has 8 heteroatoms. The maximum Gasteiger partial charge on any atom is 0.329 e. The lowest BCUT2D eigenvalue weighted by Crippen LogP contribution is -2.09. The van der Waals surface area contributed by atoms with E-state index in [0.717, 1.165) is 6.20 Å². The summed E-state index contributed by atoms with van der Waals surface area (Å²) in [5.41, 5.74) is -0.159. The molecule has 0 saturated carbocycles. The molecule has 0 aliphatic rings. The van der Waals surface area contributed by atoms with Crippen molar-refractivity contribution in [1.29, 1.82) is 0 Å². The molecular formula is C9H15N5O3. The van der Waals surface area contributed by atoms with Crippen LogP contribution in [0.2, 0.25) is 0 Å². The van der Waals surface area contributed by atoms with Crippen molar-refractivity contribution in [3.05, 3.63) is 16.3 Å². The minimum absolute atomic E-state index is 0.106. The van der Waals surface area contributed by atoms with E-state index < -0.39 is 4.92 Å². The lowest BCUT2D eigenvalue weighted by molar-refractivity contribution is -0.384. The van der Waals surface area contributed by atoms with Gasteiger partial charge in [0.05, 0.1) is 4.92 Å². The van der Waals surface area contributed by atoms with Gasteiger partial charge in [-0.05, 0) is 12.8 Å². The van der Waals surface area contributed by atoms with E-state index in [4.69, 9.17) is 5.11 Å². The van der Waals surface area contributed by atoms with E-state index in [2.05, 4.69) is 20.6 Å². The van der Waals surface area contributed by atoms with Gasteiger partial charge in [-0.15, -0.1) is 0 Å². The van der Waals surface area contributed by atoms with Crippen LogP contribution in [-0.2, 0) is 0 Å². The zero-order chi connectivity index (χ0) is 12.7. The summed E-state index contributed by atoms with van der Waals surface area (Å²) in [4.78, 5) is 18.0. The molecule has 0 fully saturated rings. The third-order valence-corrected chi connectivity index (χ3v) is 2.07. The highest BCUT2D eigenvalue weighted by Crippen LogP contribution is 2.21. The standard InChI is InChI=1S/C9H15N5O3/c1-10-9-12-6-7(14(16)17)8(13-9)11-4-2-3-5-15/h6,15H,2-5H2,1H3,(H2,10,11,12,13). The molecule has 17 heavy (non-hydrogen) atoms. The van der Waals surface area contributed by atoms with Crippen molar-refractivity contribution in [3.8, 4) is 0 Å². The molecule has 94 valence electrons. The Hall–Kier alpha value is -1.96. The second-order valence-electron chi connectivity index (χ2n) is 3.29. The number of aromatic nitrogens is 2. The molecule has 0 spiro atoms. The van der Waals surface area contributed by atoms with Gasteiger partial charge in [0.1, 0.15) is 6.20 Å². The first-order chi connectivity index (χ1) is 8.19. The summed E-state index contributed by atoms with van der Waals surface area (Å²) in [7, 11) is 1.64. The van der Waals surface area contributed by atoms with Gasteiger partial charge in [-0.2, -0.15) is 4.98 Å². The highest BCUT2D eigenvalue weighted by atomic mass is 16.6. The molecule has 1 aromatic heterocycles. The van der Waals surface area contributed by atoms with Crippen LogP contribution in [0.25, 0.3) is 0 Å². The third kappa shape index (κ3) is 3.83. The Labute approximate surface area is 98.2 Å². The molecule has 0 radical (unpaired) electrons. The summed E-state index contributed by atoms with van der Waals surface area (Å²) in [6.45, 7) is 0.622. The maximum atomic E-state index is 10.7. The largest absolute Gasteiger partial charge is 0.396 e. The Bertz CT molecular complexity index is 385. The van der Waals surface area contributed by atoms with E-state index in [1.54, 1.807) is 7.05 Å². The second-order valence-corrected chi connectivity index (χ2v) is 3.29. The number of nitrogens with zero attached hydrogens (tertiary/aromatic N) is 3. The molecule has 0 bridgehead atoms. The fourth-order valence-electron chi connectivity index (χ4n) is 1.20. The highest BCUT2D eigenvalue weighted by molar-refractivity contribution is 5.56. The van der Waals surface area contributed by atoms with Crippen LogP contribution >= 0.6 is 0 Å². The predicted octanol–water partition coefficient (Wildman–Crippen LogP) is 0.611. The van der Waals surface area contributed by atoms with Crippen molar-refractivity contribution >= 4 is 17.5 Å². The van der Waals surface area contributed by atoms with E-state index in [1.807, 2.05) is 0 Å². The van der Waals surface area contributed by atoms with Gasteiger partial charge >= 0.3 is 5.69 Å². The van der Waals surface area contributed by atoms with Crippen molar-refractivity contribution in [2.75, 3.05) is 30.8 Å². The minimum Gasteiger partial charge on any atom is -0.396 e. The normalized spacial score (nSPS) is 10.0. The average molecular weight is 241 g/mol. The fraction of sp³-hybridized carbons (Fsp3) is 0.556. The van der Waals surface area contributed by atoms with Crippen molar-refractivity contribution in [2.24, 2.45) is 0 Å². The number of nitro groups is 1. The quantitative estimate of drug-likeness (QED) is 0.364. The van der Waals surface area contributed by atoms with Gasteiger partial charge < -0.3 is 15.7 Å². The molecule has 3 N–H and O–H groups in total. The van der Waals surface area contributed by atoms with Gasteiger partial charge in [0.15, 0.2) is 0 Å². The van der Waals surface area contributed by atoms with Crippen molar-refractivity contribution in [2.45, 2.75) is 12.8 Å². The van der Waals surface area contributed by atoms with Crippen LogP contribution < -0.4 is 10.6 Å². The number of aliphatic hydroxyl groups excluding tert-OH is 1. The number of aliphatic hydroxyl groups is 1. The van der Waals surface area contributed by atoms with Gasteiger partial charge in [0, 0.05) is 20.2 Å². The van der Waals surface area contributed by atoms with E-state index in [1.165, 1.54) is 0 Å². The second kappa shape index (κ2) is 6.59. The van der Waals surface area contributed by atoms with Crippen LogP contribution in [-0.4, -0.2) is 40.2 Å². The molecular weight excluding hydrogens is 226 g/mol. The number of unbranched alkanes of at least 4 members (excludes halogenated alkanes) is 1. The van der Waals surface area contributed by atoms with Crippen LogP contribution in [0.15, 0.2) is 6.20 Å². The summed E-state index contributed by atoms with van der Waals surface area (Å²) in [5.74, 6) is 0.507. The van der Waals surface area contributed by atoms with E-state index in [-0.39, 0.29) is 18.1 Å². The van der Waals surface area contributed by atoms with E-state index in [9.17, 15) is 10.1 Å². The Balaban J connectivity index is 2.75. The van der Waals surface area contributed by atoms with Crippen molar-refractivity contribution in [1.82, 2.24) is 9.97 Å². The number of rotatable bonds is 7. The SMILES string of the molecule is CNc1ncc([N+](=O)[O-])c(NCCCCO)n1. The summed E-state index contributed by atoms with van der Waals surface area (Å²) in [6.07, 6.45) is 2.52. The third-order valence-electron chi connectivity index (χ3n) is 2.07. The summed E-state index contributed by atoms with van der Waals surface area (Å²) >= 11 is 0. The molecule has 1 rings (SSSR count). The molecule has 0 unspecified atom stereocenters. The molecule has 0 amide bonds. The first kappa shape index (κ1) is 13.1. The molecule has 0 aliphatic heterocycles. The molecule has 0 aromatic carbocycles. The number of hydrogen-bond acceptors (Lipinski definition) is 7. The molecule has 0 aliphatic carbocycles. The lowest BCUT2D eigenvalue weighted by Gasteiger charge is -2.06. The van der Waals surface area contributed by atoms with Crippen LogP contribution in [0.3, 0.4) is 0 Å². The average Bonchev–Trinajstić information content (AvgIpc) is 2.34. The van der Waals surface area contributed by atoms with Gasteiger partial charge in [-0.3, -0.25) is 10.1 Å². The summed E-state index contributed by atoms with van der Waals surface area (Å²) in [6, 6.07) is 0. The Morgan fingerprint density at radius 1 is 1.53 bits per heavy atom. The van der Waals surface area contributed by atoms with Crippen LogP contribution in [0.1, 0.15) is 12.8 Å². The maximum absolute atomic E-state index is 10.7. The number of nitrogens with one attached hydrogen (secondary N) is 2. The molecule has 8 nitrogen and oxygen atoms in total. The zero-order valence-electron chi connectivity index (χ0n) is 9.51. The Morgan fingerprint density at radius 2 is 2.29 bits per heavy atom. The molecule has 0 atom stereocenters. The van der Waals surface area contributed by atoms with Gasteiger partial charge in [0.25, 0.3) is 0 Å². The monoisotopic (exact) mass is 241 g/mol. The summed E-state index contributed by atoms with van der Waals surface area (Å²) in [5, 5.41) is 24.9. The molecule has 1 heterocycles. The smallest absolute Gasteiger partial charge is 0.329 e. The minimum atomic E-state index is -0.534. The van der Waals surface area contributed by atoms with Crippen LogP contribution in [0.5, 0.6) is 0 Å². The molecule has 0 saturated heterocycles. The first-order valence-corrected chi connectivity index (χ1v) is 5.23. The summed E-state index contributed by atoms with van der Waals surface area (Å²) < 4.78 is 0. The topological polar surface area (TPSA) is 113 Å². The lowest BCUT2D eigenvalue weighted by atomic mass is 10.3. The van der Waals surface area contributed by atoms with Crippen molar-refractivity contribution in [3.63, 3.8) is 0 Å². The zero-order valence-corrected chi connectivity index (χ0v) is 9.51. The fourth-order valence-corrected chi connectivity index (χ4v) is 1.20. The van der Waals surface area contributed by atoms with Gasteiger partial charge in [-0.1, -0.05) is 0 Å². The van der Waals surface area contributed by atoms with E-state index >= 15 is 0 Å². The van der Waals surface area contributed by atoms with Gasteiger partial charge in [-0.25, -0.2) is 4.98 Å². The van der Waals surface area contributed by atoms with E-state index in [0.29, 0.717) is 25.3 Å². The van der Waals surface area contributed by atoms with Crippen LogP contribution in [0, 0.1) is 10.1 Å². The Kier molecular flexibility index (Phi) is 5.08. The number of hydrogen-bond donors (Lipinski definition) is 3. The number of anilines is 2.